The normalized spacial score (nSPS) is 20.2. The van der Waals surface area contributed by atoms with Gasteiger partial charge in [-0.3, -0.25) is 4.90 Å². The second-order valence-electron chi connectivity index (χ2n) is 6.78. The first-order chi connectivity index (χ1) is 11.6. The Bertz CT molecular complexity index is 569. The van der Waals surface area contributed by atoms with Crippen molar-refractivity contribution in [2.24, 2.45) is 0 Å². The van der Waals surface area contributed by atoms with Crippen molar-refractivity contribution < 1.29 is 9.18 Å². The average Bonchev–Trinajstić information content (AvgIpc) is 2.59. The average molecular weight is 354 g/mol. The van der Waals surface area contributed by atoms with Crippen LogP contribution in [-0.2, 0) is 6.54 Å². The lowest BCUT2D eigenvalue weighted by Crippen LogP contribution is -2.53. The zero-order valence-electron chi connectivity index (χ0n) is 13.9. The second kappa shape index (κ2) is 8.17. The van der Waals surface area contributed by atoms with Crippen LogP contribution in [0.4, 0.5) is 9.18 Å². The smallest absolute Gasteiger partial charge is 0.317 e. The number of carbonyl (C=O) groups is 1. The van der Waals surface area contributed by atoms with Gasteiger partial charge in [0.2, 0.25) is 0 Å². The highest BCUT2D eigenvalue weighted by atomic mass is 35.5. The lowest BCUT2D eigenvalue weighted by Gasteiger charge is -2.36. The van der Waals surface area contributed by atoms with Crippen LogP contribution in [0.15, 0.2) is 18.2 Å². The molecule has 2 amide bonds. The molecule has 1 aromatic rings. The monoisotopic (exact) mass is 353 g/mol. The summed E-state index contributed by atoms with van der Waals surface area (Å²) in [6.07, 6.45) is 5.94. The third kappa shape index (κ3) is 4.61. The number of hydrogen-bond donors (Lipinski definition) is 1. The Kier molecular flexibility index (Phi) is 5.95. The molecule has 1 aliphatic heterocycles. The Morgan fingerprint density at radius 3 is 2.54 bits per heavy atom. The van der Waals surface area contributed by atoms with E-state index in [1.807, 2.05) is 4.90 Å². The fourth-order valence-corrected chi connectivity index (χ4v) is 3.74. The molecule has 0 radical (unpaired) electrons. The van der Waals surface area contributed by atoms with Gasteiger partial charge in [0.1, 0.15) is 5.82 Å². The molecular formula is C18H25ClFN3O. The predicted molar refractivity (Wildman–Crippen MR) is 93.7 cm³/mol. The summed E-state index contributed by atoms with van der Waals surface area (Å²) < 4.78 is 13.1. The Labute approximate surface area is 147 Å². The highest BCUT2D eigenvalue weighted by molar-refractivity contribution is 6.31. The Morgan fingerprint density at radius 2 is 1.88 bits per heavy atom. The molecule has 0 unspecified atom stereocenters. The second-order valence-corrected chi connectivity index (χ2v) is 7.19. The number of hydrogen-bond acceptors (Lipinski definition) is 2. The molecule has 0 bridgehead atoms. The Hall–Kier alpha value is -1.33. The van der Waals surface area contributed by atoms with Crippen molar-refractivity contribution in [3.63, 3.8) is 0 Å². The van der Waals surface area contributed by atoms with E-state index in [0.29, 0.717) is 17.6 Å². The van der Waals surface area contributed by atoms with Gasteiger partial charge in [-0.05, 0) is 30.5 Å². The number of urea groups is 1. The van der Waals surface area contributed by atoms with E-state index in [1.54, 1.807) is 6.07 Å². The fraction of sp³-hybridized carbons (Fsp3) is 0.611. The minimum absolute atomic E-state index is 0.0707. The highest BCUT2D eigenvalue weighted by Gasteiger charge is 2.24. The lowest BCUT2D eigenvalue weighted by molar-refractivity contribution is 0.132. The van der Waals surface area contributed by atoms with Crippen LogP contribution < -0.4 is 5.32 Å². The zero-order chi connectivity index (χ0) is 16.9. The van der Waals surface area contributed by atoms with Crippen molar-refractivity contribution in [3.05, 3.63) is 34.6 Å². The topological polar surface area (TPSA) is 35.6 Å². The van der Waals surface area contributed by atoms with Crippen LogP contribution in [0.5, 0.6) is 0 Å². The maximum absolute atomic E-state index is 13.1. The standard InChI is InChI=1S/C18H25ClFN3O/c19-17-12-15(20)7-6-14(17)13-22-8-10-23(11-9-22)18(24)21-16-4-2-1-3-5-16/h6-7,12,16H,1-5,8-11,13H2,(H,21,24). The number of rotatable bonds is 3. The van der Waals surface area contributed by atoms with Gasteiger partial charge in [-0.1, -0.05) is 36.9 Å². The summed E-state index contributed by atoms with van der Waals surface area (Å²) in [6.45, 7) is 3.75. The van der Waals surface area contributed by atoms with Crippen LogP contribution in [0.3, 0.4) is 0 Å². The predicted octanol–water partition coefficient (Wildman–Crippen LogP) is 3.64. The molecule has 4 nitrogen and oxygen atoms in total. The van der Waals surface area contributed by atoms with Crippen molar-refractivity contribution in [2.75, 3.05) is 26.2 Å². The van der Waals surface area contributed by atoms with Crippen LogP contribution >= 0.6 is 11.6 Å². The van der Waals surface area contributed by atoms with Gasteiger partial charge in [-0.2, -0.15) is 0 Å². The summed E-state index contributed by atoms with van der Waals surface area (Å²) in [4.78, 5) is 16.5. The third-order valence-electron chi connectivity index (χ3n) is 5.00. The maximum Gasteiger partial charge on any atom is 0.317 e. The van der Waals surface area contributed by atoms with Gasteiger partial charge in [0.05, 0.1) is 0 Å². The zero-order valence-corrected chi connectivity index (χ0v) is 14.7. The molecule has 0 aromatic heterocycles. The van der Waals surface area contributed by atoms with Crippen molar-refractivity contribution >= 4 is 17.6 Å². The largest absolute Gasteiger partial charge is 0.335 e. The molecule has 24 heavy (non-hydrogen) atoms. The Morgan fingerprint density at radius 1 is 1.17 bits per heavy atom. The molecule has 2 fully saturated rings. The van der Waals surface area contributed by atoms with E-state index in [2.05, 4.69) is 10.2 Å². The van der Waals surface area contributed by atoms with Gasteiger partial charge in [0.25, 0.3) is 0 Å². The van der Waals surface area contributed by atoms with Crippen molar-refractivity contribution in [3.8, 4) is 0 Å². The number of benzene rings is 1. The third-order valence-corrected chi connectivity index (χ3v) is 5.35. The number of nitrogens with one attached hydrogen (secondary N) is 1. The molecular weight excluding hydrogens is 329 g/mol. The van der Waals surface area contributed by atoms with Crippen LogP contribution in [0.25, 0.3) is 0 Å². The van der Waals surface area contributed by atoms with Gasteiger partial charge in [-0.25, -0.2) is 9.18 Å². The summed E-state index contributed by atoms with van der Waals surface area (Å²) >= 11 is 6.10. The molecule has 0 atom stereocenters. The number of halogens is 2. The van der Waals surface area contributed by atoms with Gasteiger partial charge < -0.3 is 10.2 Å². The van der Waals surface area contributed by atoms with E-state index in [0.717, 1.165) is 44.6 Å². The van der Waals surface area contributed by atoms with E-state index >= 15 is 0 Å². The first kappa shape index (κ1) is 17.5. The Balaban J connectivity index is 1.45. The minimum Gasteiger partial charge on any atom is -0.335 e. The lowest BCUT2D eigenvalue weighted by atomic mass is 9.96. The summed E-state index contributed by atoms with van der Waals surface area (Å²) in [5, 5.41) is 3.64. The molecule has 0 spiro atoms. The minimum atomic E-state index is -0.312. The summed E-state index contributed by atoms with van der Waals surface area (Å²) in [5.74, 6) is -0.312. The van der Waals surface area contributed by atoms with Crippen LogP contribution in [0.2, 0.25) is 5.02 Å². The fourth-order valence-electron chi connectivity index (χ4n) is 3.51. The molecule has 6 heteroatoms. The first-order valence-corrected chi connectivity index (χ1v) is 9.21. The maximum atomic E-state index is 13.1. The molecule has 1 aromatic carbocycles. The van der Waals surface area contributed by atoms with Gasteiger partial charge in [0, 0.05) is 43.8 Å². The van der Waals surface area contributed by atoms with Crippen molar-refractivity contribution in [1.82, 2.24) is 15.1 Å². The van der Waals surface area contributed by atoms with E-state index in [4.69, 9.17) is 11.6 Å². The number of nitrogens with zero attached hydrogens (tertiary/aromatic N) is 2. The number of carbonyl (C=O) groups excluding carboxylic acids is 1. The SMILES string of the molecule is O=C(NC1CCCCC1)N1CCN(Cc2ccc(F)cc2Cl)CC1. The molecule has 3 rings (SSSR count). The van der Waals surface area contributed by atoms with Crippen LogP contribution in [-0.4, -0.2) is 48.1 Å². The highest BCUT2D eigenvalue weighted by Crippen LogP contribution is 2.20. The van der Waals surface area contributed by atoms with Crippen LogP contribution in [0, 0.1) is 5.82 Å². The van der Waals surface area contributed by atoms with E-state index < -0.39 is 0 Å². The van der Waals surface area contributed by atoms with Crippen molar-refractivity contribution in [2.45, 2.75) is 44.7 Å². The first-order valence-electron chi connectivity index (χ1n) is 8.83. The number of amides is 2. The molecule has 1 N–H and O–H groups in total. The summed E-state index contributed by atoms with van der Waals surface area (Å²) in [7, 11) is 0. The summed E-state index contributed by atoms with van der Waals surface area (Å²) in [6, 6.07) is 4.95. The van der Waals surface area contributed by atoms with E-state index in [-0.39, 0.29) is 11.8 Å². The number of piperazine rings is 1. The summed E-state index contributed by atoms with van der Waals surface area (Å²) in [5.41, 5.74) is 0.929. The molecule has 1 aliphatic carbocycles. The molecule has 132 valence electrons. The van der Waals surface area contributed by atoms with E-state index in [1.165, 1.54) is 31.4 Å². The van der Waals surface area contributed by atoms with Gasteiger partial charge in [-0.15, -0.1) is 0 Å². The van der Waals surface area contributed by atoms with Crippen LogP contribution in [0.1, 0.15) is 37.7 Å². The van der Waals surface area contributed by atoms with E-state index in [9.17, 15) is 9.18 Å². The molecule has 1 heterocycles. The molecule has 1 saturated heterocycles. The molecule has 1 saturated carbocycles. The van der Waals surface area contributed by atoms with Gasteiger partial charge >= 0.3 is 6.03 Å². The molecule has 2 aliphatic rings. The quantitative estimate of drug-likeness (QED) is 0.900. The van der Waals surface area contributed by atoms with Crippen molar-refractivity contribution in [1.29, 1.82) is 0 Å². The van der Waals surface area contributed by atoms with Gasteiger partial charge in [0.15, 0.2) is 0 Å².